The van der Waals surface area contributed by atoms with E-state index in [1.165, 1.54) is 0 Å². The van der Waals surface area contributed by atoms with Gasteiger partial charge in [-0.1, -0.05) is 29.8 Å². The van der Waals surface area contributed by atoms with Gasteiger partial charge in [-0.3, -0.25) is 14.4 Å². The first-order chi connectivity index (χ1) is 19.2. The largest absolute Gasteiger partial charge is 0.361 e. The SMILES string of the molecule is CC(=O)N1CCC(C(=O)N[C@H](Cc2c[nH]c3ccccc23)C(=O)N2C[C@@H](CN(C)C)Cc3cc(Cl)ccc32)CC1. The van der Waals surface area contributed by atoms with Crippen LogP contribution in [0, 0.1) is 11.8 Å². The quantitative estimate of drug-likeness (QED) is 0.457. The predicted octanol–water partition coefficient (Wildman–Crippen LogP) is 3.87. The van der Waals surface area contributed by atoms with Crippen LogP contribution in [-0.4, -0.2) is 78.8 Å². The van der Waals surface area contributed by atoms with Crippen molar-refractivity contribution in [3.8, 4) is 0 Å². The van der Waals surface area contributed by atoms with E-state index in [0.717, 1.165) is 40.7 Å². The molecule has 40 heavy (non-hydrogen) atoms. The number of aromatic nitrogens is 1. The Morgan fingerprint density at radius 3 is 2.60 bits per heavy atom. The fourth-order valence-corrected chi connectivity index (χ4v) is 6.41. The van der Waals surface area contributed by atoms with Gasteiger partial charge in [-0.2, -0.15) is 0 Å². The highest BCUT2D eigenvalue weighted by Crippen LogP contribution is 2.33. The average molecular weight is 564 g/mol. The number of piperidine rings is 1. The molecule has 0 radical (unpaired) electrons. The van der Waals surface area contributed by atoms with Crippen molar-refractivity contribution in [2.75, 3.05) is 45.2 Å². The summed E-state index contributed by atoms with van der Waals surface area (Å²) in [4.78, 5) is 48.8. The Kier molecular flexibility index (Phi) is 8.47. The van der Waals surface area contributed by atoms with E-state index in [2.05, 4.69) is 15.2 Å². The molecular formula is C31H38ClN5O3. The molecule has 0 saturated carbocycles. The molecule has 2 aliphatic rings. The van der Waals surface area contributed by atoms with Gasteiger partial charge in [-0.15, -0.1) is 0 Å². The number of rotatable bonds is 7. The molecule has 1 aromatic heterocycles. The Bertz CT molecular complexity index is 1390. The van der Waals surface area contributed by atoms with Crippen molar-refractivity contribution >= 4 is 45.9 Å². The number of amides is 3. The minimum absolute atomic E-state index is 0.0300. The molecule has 3 heterocycles. The predicted molar refractivity (Wildman–Crippen MR) is 158 cm³/mol. The van der Waals surface area contributed by atoms with Gasteiger partial charge >= 0.3 is 0 Å². The van der Waals surface area contributed by atoms with Gasteiger partial charge in [0.25, 0.3) is 0 Å². The van der Waals surface area contributed by atoms with Crippen LogP contribution in [0.2, 0.25) is 5.02 Å². The molecule has 3 aromatic rings. The monoisotopic (exact) mass is 563 g/mol. The van der Waals surface area contributed by atoms with Crippen LogP contribution < -0.4 is 10.2 Å². The summed E-state index contributed by atoms with van der Waals surface area (Å²) in [7, 11) is 4.08. The molecule has 1 fully saturated rings. The van der Waals surface area contributed by atoms with E-state index in [9.17, 15) is 14.4 Å². The molecule has 3 amide bonds. The van der Waals surface area contributed by atoms with Crippen molar-refractivity contribution in [1.29, 1.82) is 0 Å². The number of hydrogen-bond donors (Lipinski definition) is 2. The van der Waals surface area contributed by atoms with Gasteiger partial charge in [0.1, 0.15) is 6.04 Å². The van der Waals surface area contributed by atoms with Crippen LogP contribution in [0.5, 0.6) is 0 Å². The summed E-state index contributed by atoms with van der Waals surface area (Å²) in [6, 6.07) is 13.0. The van der Waals surface area contributed by atoms with Crippen LogP contribution in [0.1, 0.15) is 30.9 Å². The summed E-state index contributed by atoms with van der Waals surface area (Å²) < 4.78 is 0. The number of H-pyrrole nitrogens is 1. The average Bonchev–Trinajstić information content (AvgIpc) is 3.34. The van der Waals surface area contributed by atoms with Gasteiger partial charge in [0.05, 0.1) is 0 Å². The number of anilines is 1. The molecule has 2 aliphatic heterocycles. The lowest BCUT2D eigenvalue weighted by molar-refractivity contribution is -0.135. The Labute approximate surface area is 240 Å². The van der Waals surface area contributed by atoms with Crippen molar-refractivity contribution in [1.82, 2.24) is 20.1 Å². The van der Waals surface area contributed by atoms with Crippen molar-refractivity contribution in [3.63, 3.8) is 0 Å². The number of nitrogens with one attached hydrogen (secondary N) is 2. The lowest BCUT2D eigenvalue weighted by Gasteiger charge is -2.38. The van der Waals surface area contributed by atoms with Crippen molar-refractivity contribution in [2.45, 2.75) is 38.6 Å². The summed E-state index contributed by atoms with van der Waals surface area (Å²) in [5.74, 6) is -0.207. The van der Waals surface area contributed by atoms with Crippen LogP contribution >= 0.6 is 11.6 Å². The van der Waals surface area contributed by atoms with Gasteiger partial charge in [0, 0.05) is 73.3 Å². The first-order valence-corrected chi connectivity index (χ1v) is 14.4. The lowest BCUT2D eigenvalue weighted by atomic mass is 9.90. The summed E-state index contributed by atoms with van der Waals surface area (Å²) in [6.07, 6.45) is 4.33. The van der Waals surface area contributed by atoms with E-state index < -0.39 is 6.04 Å². The molecule has 2 atom stereocenters. The van der Waals surface area contributed by atoms with Gasteiger partial charge in [0.2, 0.25) is 17.7 Å². The maximum Gasteiger partial charge on any atom is 0.249 e. The highest BCUT2D eigenvalue weighted by Gasteiger charge is 2.36. The van der Waals surface area contributed by atoms with E-state index in [4.69, 9.17) is 11.6 Å². The maximum absolute atomic E-state index is 14.4. The second-order valence-corrected chi connectivity index (χ2v) is 11.9. The second kappa shape index (κ2) is 12.0. The number of carbonyl (C=O) groups is 3. The number of para-hydroxylation sites is 1. The Morgan fingerprint density at radius 1 is 1.12 bits per heavy atom. The van der Waals surface area contributed by atoms with Gasteiger partial charge in [0.15, 0.2) is 0 Å². The molecule has 0 spiro atoms. The first kappa shape index (κ1) is 28.2. The fraction of sp³-hybridized carbons (Fsp3) is 0.452. The number of likely N-dealkylation sites (tertiary alicyclic amines) is 1. The number of halogens is 1. The molecule has 1 saturated heterocycles. The molecule has 0 unspecified atom stereocenters. The Balaban J connectivity index is 1.43. The first-order valence-electron chi connectivity index (χ1n) is 14.0. The van der Waals surface area contributed by atoms with Crippen LogP contribution in [0.3, 0.4) is 0 Å². The molecule has 8 nitrogen and oxygen atoms in total. The molecule has 212 valence electrons. The van der Waals surface area contributed by atoms with E-state index >= 15 is 0 Å². The molecule has 9 heteroatoms. The second-order valence-electron chi connectivity index (χ2n) is 11.5. The van der Waals surface area contributed by atoms with Crippen LogP contribution in [-0.2, 0) is 27.2 Å². The van der Waals surface area contributed by atoms with Gasteiger partial charge < -0.3 is 25.0 Å². The zero-order valence-electron chi connectivity index (χ0n) is 23.5. The molecule has 2 N–H and O–H groups in total. The molecule has 2 aromatic carbocycles. The third-order valence-corrected chi connectivity index (χ3v) is 8.43. The van der Waals surface area contributed by atoms with Crippen molar-refractivity contribution in [2.24, 2.45) is 11.8 Å². The highest BCUT2D eigenvalue weighted by atomic mass is 35.5. The maximum atomic E-state index is 14.4. The lowest BCUT2D eigenvalue weighted by Crippen LogP contribution is -2.54. The third kappa shape index (κ3) is 6.18. The minimum atomic E-state index is -0.737. The number of carbonyl (C=O) groups excluding carboxylic acids is 3. The summed E-state index contributed by atoms with van der Waals surface area (Å²) >= 11 is 6.36. The number of fused-ring (bicyclic) bond motifs is 2. The zero-order valence-corrected chi connectivity index (χ0v) is 24.2. The van der Waals surface area contributed by atoms with E-state index in [1.807, 2.05) is 67.7 Å². The smallest absolute Gasteiger partial charge is 0.249 e. The Hall–Kier alpha value is -3.36. The van der Waals surface area contributed by atoms with Gasteiger partial charge in [-0.05, 0) is 74.7 Å². The molecule has 0 aliphatic carbocycles. The Morgan fingerprint density at radius 2 is 1.88 bits per heavy atom. The normalized spacial score (nSPS) is 18.6. The van der Waals surface area contributed by atoms with Crippen LogP contribution in [0.15, 0.2) is 48.7 Å². The fourth-order valence-electron chi connectivity index (χ4n) is 6.22. The van der Waals surface area contributed by atoms with E-state index in [-0.39, 0.29) is 29.6 Å². The highest BCUT2D eigenvalue weighted by molar-refractivity contribution is 6.30. The molecule has 5 rings (SSSR count). The van der Waals surface area contributed by atoms with Crippen molar-refractivity contribution < 1.29 is 14.4 Å². The minimum Gasteiger partial charge on any atom is -0.361 e. The summed E-state index contributed by atoms with van der Waals surface area (Å²) in [6.45, 7) is 4.08. The zero-order chi connectivity index (χ0) is 28.4. The van der Waals surface area contributed by atoms with E-state index in [1.54, 1.807) is 11.8 Å². The number of hydrogen-bond acceptors (Lipinski definition) is 4. The third-order valence-electron chi connectivity index (χ3n) is 8.20. The summed E-state index contributed by atoms with van der Waals surface area (Å²) in [5, 5.41) is 4.84. The summed E-state index contributed by atoms with van der Waals surface area (Å²) in [5.41, 5.74) is 3.89. The molecular weight excluding hydrogens is 526 g/mol. The standard InChI is InChI=1S/C31H38ClN5O3/c1-20(38)36-12-10-22(11-13-36)30(39)34-28(16-24-17-33-27-7-5-4-6-26(24)27)31(40)37-19-21(18-35(2)3)14-23-15-25(32)8-9-29(23)37/h4-9,15,17,21-22,28,33H,10-14,16,18-19H2,1-3H3,(H,34,39)/t21-,28-/m1/s1. The number of benzene rings is 2. The molecule has 0 bridgehead atoms. The van der Waals surface area contributed by atoms with Crippen LogP contribution in [0.4, 0.5) is 5.69 Å². The number of nitrogens with zero attached hydrogens (tertiary/aromatic N) is 3. The van der Waals surface area contributed by atoms with Crippen molar-refractivity contribution in [3.05, 3.63) is 64.8 Å². The van der Waals surface area contributed by atoms with Gasteiger partial charge in [-0.25, -0.2) is 0 Å². The topological polar surface area (TPSA) is 88.8 Å². The van der Waals surface area contributed by atoms with E-state index in [0.29, 0.717) is 43.9 Å². The number of aromatic amines is 1. The van der Waals surface area contributed by atoms with Crippen LogP contribution in [0.25, 0.3) is 10.9 Å².